The molecule has 3 aromatic rings. The summed E-state index contributed by atoms with van der Waals surface area (Å²) in [6.07, 6.45) is 2.83. The molecule has 1 nitrogen and oxygen atoms in total. The highest BCUT2D eigenvalue weighted by Crippen LogP contribution is 2.37. The molecule has 0 aliphatic heterocycles. The van der Waals surface area contributed by atoms with Gasteiger partial charge in [-0.1, -0.05) is 142 Å². The molecule has 30 heavy (non-hydrogen) atoms. The summed E-state index contributed by atoms with van der Waals surface area (Å²) >= 11 is 0. The van der Waals surface area contributed by atoms with Gasteiger partial charge in [0.25, 0.3) is 0 Å². The van der Waals surface area contributed by atoms with E-state index in [-0.39, 0.29) is 5.41 Å². The van der Waals surface area contributed by atoms with Crippen molar-refractivity contribution in [2.75, 3.05) is 0 Å². The fourth-order valence-electron chi connectivity index (χ4n) is 4.55. The van der Waals surface area contributed by atoms with Crippen LogP contribution in [0, 0.1) is 0 Å². The average molecular weight is 417 g/mol. The molecule has 3 aromatic carbocycles. The van der Waals surface area contributed by atoms with Crippen molar-refractivity contribution in [3.8, 4) is 0 Å². The fourth-order valence-corrected chi connectivity index (χ4v) is 8.98. The van der Waals surface area contributed by atoms with Crippen LogP contribution in [0.2, 0.25) is 6.55 Å². The Morgan fingerprint density at radius 3 is 1.53 bits per heavy atom. The van der Waals surface area contributed by atoms with Crippen LogP contribution in [-0.2, 0) is 10.6 Å². The molecule has 0 aliphatic carbocycles. The van der Waals surface area contributed by atoms with E-state index < -0.39 is 13.3 Å². The first-order valence-electron chi connectivity index (χ1n) is 11.2. The van der Waals surface area contributed by atoms with Crippen LogP contribution in [0.1, 0.15) is 58.1 Å². The van der Waals surface area contributed by atoms with Gasteiger partial charge in [0.1, 0.15) is 0 Å². The summed E-state index contributed by atoms with van der Waals surface area (Å²) in [4.78, 5) is 0. The molecule has 0 spiro atoms. The van der Waals surface area contributed by atoms with Crippen LogP contribution in [0.3, 0.4) is 0 Å². The first kappa shape index (κ1) is 22.5. The predicted molar refractivity (Wildman–Crippen MR) is 132 cm³/mol. The molecule has 1 atom stereocenters. The minimum atomic E-state index is -2.54. The van der Waals surface area contributed by atoms with Crippen molar-refractivity contribution in [2.45, 2.75) is 64.1 Å². The van der Waals surface area contributed by atoms with Crippen LogP contribution in [0.4, 0.5) is 0 Å². The molecule has 0 fully saturated rings. The monoisotopic (exact) mass is 416 g/mol. The van der Waals surface area contributed by atoms with Gasteiger partial charge in [0.15, 0.2) is 8.07 Å². The molecule has 0 radical (unpaired) electrons. The number of hydrogen-bond acceptors (Lipinski definition) is 1. The molecule has 0 saturated carbocycles. The second-order valence-electron chi connectivity index (χ2n) is 9.65. The smallest absolute Gasteiger partial charge is 0.154 e. The second kappa shape index (κ2) is 8.91. The summed E-state index contributed by atoms with van der Waals surface area (Å²) < 4.78 is 0. The fraction of sp³-hybridized carbons (Fsp3) is 0.357. The van der Waals surface area contributed by atoms with Crippen LogP contribution >= 0.6 is 0 Å². The zero-order chi connectivity index (χ0) is 21.8. The minimum Gasteiger partial charge on any atom is -0.388 e. The van der Waals surface area contributed by atoms with Crippen molar-refractivity contribution < 1.29 is 5.11 Å². The van der Waals surface area contributed by atoms with Gasteiger partial charge >= 0.3 is 0 Å². The maximum atomic E-state index is 12.6. The van der Waals surface area contributed by atoms with Gasteiger partial charge in [-0.05, 0) is 23.0 Å². The Labute approximate surface area is 183 Å². The second-order valence-corrected chi connectivity index (χ2v) is 13.9. The van der Waals surface area contributed by atoms with Crippen LogP contribution < -0.4 is 10.4 Å². The van der Waals surface area contributed by atoms with Gasteiger partial charge in [0.05, 0.1) is 5.22 Å². The number of hydrogen-bond donors (Lipinski definition) is 1. The summed E-state index contributed by atoms with van der Waals surface area (Å²) in [5, 5.41) is 14.3. The molecule has 2 heteroatoms. The summed E-state index contributed by atoms with van der Waals surface area (Å²) in [6, 6.07) is 30.1. The average Bonchev–Trinajstić information content (AvgIpc) is 2.77. The third-order valence-corrected chi connectivity index (χ3v) is 11.8. The Bertz CT molecular complexity index is 886. The number of unbranched alkanes of at least 4 members (excludes halogenated alkanes) is 1. The summed E-state index contributed by atoms with van der Waals surface area (Å²) in [5.41, 5.74) is 2.44. The van der Waals surface area contributed by atoms with E-state index >= 15 is 0 Å². The maximum Gasteiger partial charge on any atom is 0.154 e. The zero-order valence-corrected chi connectivity index (χ0v) is 20.2. The highest BCUT2D eigenvalue weighted by Gasteiger charge is 2.52. The first-order chi connectivity index (χ1) is 14.2. The Kier molecular flexibility index (Phi) is 6.69. The number of aliphatic hydroxyl groups is 1. The highest BCUT2D eigenvalue weighted by atomic mass is 28.3. The summed E-state index contributed by atoms with van der Waals surface area (Å²) in [5.74, 6) is 0. The molecule has 158 valence electrons. The molecule has 0 aliphatic rings. The van der Waals surface area contributed by atoms with Crippen LogP contribution in [-0.4, -0.2) is 13.2 Å². The molecular weight excluding hydrogens is 380 g/mol. The third kappa shape index (κ3) is 4.17. The van der Waals surface area contributed by atoms with E-state index in [1.807, 2.05) is 0 Å². The minimum absolute atomic E-state index is 0.0969. The van der Waals surface area contributed by atoms with E-state index in [9.17, 15) is 5.11 Å². The molecule has 0 heterocycles. The number of rotatable bonds is 7. The largest absolute Gasteiger partial charge is 0.388 e. The van der Waals surface area contributed by atoms with E-state index in [0.717, 1.165) is 24.8 Å². The van der Waals surface area contributed by atoms with Crippen LogP contribution in [0.25, 0.3) is 0 Å². The zero-order valence-electron chi connectivity index (χ0n) is 19.2. The van der Waals surface area contributed by atoms with Gasteiger partial charge in [-0.15, -0.1) is 0 Å². The molecule has 0 bridgehead atoms. The van der Waals surface area contributed by atoms with Gasteiger partial charge in [-0.2, -0.15) is 0 Å². The molecule has 1 N–H and O–H groups in total. The molecular formula is C28H36OSi. The van der Waals surface area contributed by atoms with E-state index in [1.54, 1.807) is 0 Å². The van der Waals surface area contributed by atoms with E-state index in [2.05, 4.69) is 119 Å². The Morgan fingerprint density at radius 2 is 1.13 bits per heavy atom. The molecule has 0 aromatic heterocycles. The van der Waals surface area contributed by atoms with Gasteiger partial charge in [0, 0.05) is 0 Å². The van der Waals surface area contributed by atoms with Crippen molar-refractivity contribution >= 4 is 18.4 Å². The first-order valence-corrected chi connectivity index (χ1v) is 13.7. The normalized spacial score (nSPS) is 14.3. The molecule has 0 saturated heterocycles. The van der Waals surface area contributed by atoms with E-state index in [0.29, 0.717) is 0 Å². The lowest BCUT2D eigenvalue weighted by molar-refractivity contribution is 0.104. The standard InChI is InChI=1S/C28H36OSi/c1-6-7-22-28(29,24-20-18-23(19-21-24)27(2,3)4)30(5,25-14-10-8-11-15-25)26-16-12-9-13-17-26/h8-21,29H,6-7,22H2,1-5H3. The Morgan fingerprint density at radius 1 is 0.700 bits per heavy atom. The number of benzene rings is 3. The van der Waals surface area contributed by atoms with Gasteiger partial charge in [-0.25, -0.2) is 0 Å². The summed E-state index contributed by atoms with van der Waals surface area (Å²) in [6.45, 7) is 11.2. The van der Waals surface area contributed by atoms with E-state index in [4.69, 9.17) is 0 Å². The van der Waals surface area contributed by atoms with Crippen LogP contribution in [0.15, 0.2) is 84.9 Å². The van der Waals surface area contributed by atoms with Gasteiger partial charge in [0.2, 0.25) is 0 Å². The lowest BCUT2D eigenvalue weighted by Crippen LogP contribution is -2.69. The van der Waals surface area contributed by atoms with Crippen LogP contribution in [0.5, 0.6) is 0 Å². The highest BCUT2D eigenvalue weighted by molar-refractivity contribution is 7.03. The quantitative estimate of drug-likeness (QED) is 0.483. The lowest BCUT2D eigenvalue weighted by Gasteiger charge is -2.45. The maximum absolute atomic E-state index is 12.6. The van der Waals surface area contributed by atoms with Crippen molar-refractivity contribution in [2.24, 2.45) is 0 Å². The Balaban J connectivity index is 2.24. The molecule has 0 amide bonds. The topological polar surface area (TPSA) is 20.2 Å². The van der Waals surface area contributed by atoms with Crippen molar-refractivity contribution in [3.05, 3.63) is 96.1 Å². The lowest BCUT2D eigenvalue weighted by atomic mass is 9.86. The SMILES string of the molecule is CCCCC(O)(c1ccc(C(C)(C)C)cc1)[Si](C)(c1ccccc1)c1ccccc1. The van der Waals surface area contributed by atoms with E-state index in [1.165, 1.54) is 15.9 Å². The van der Waals surface area contributed by atoms with Crippen molar-refractivity contribution in [3.63, 3.8) is 0 Å². The third-order valence-electron chi connectivity index (χ3n) is 6.65. The van der Waals surface area contributed by atoms with Gasteiger partial charge < -0.3 is 5.11 Å². The predicted octanol–water partition coefficient (Wildman–Crippen LogP) is 5.79. The molecule has 1 unspecified atom stereocenters. The molecule has 3 rings (SSSR count). The Hall–Kier alpha value is -2.16. The van der Waals surface area contributed by atoms with Gasteiger partial charge in [-0.3, -0.25) is 0 Å². The summed E-state index contributed by atoms with van der Waals surface area (Å²) in [7, 11) is -2.54. The van der Waals surface area contributed by atoms with Crippen molar-refractivity contribution in [1.29, 1.82) is 0 Å². The van der Waals surface area contributed by atoms with Crippen molar-refractivity contribution in [1.82, 2.24) is 0 Å².